The van der Waals surface area contributed by atoms with Gasteiger partial charge in [0.15, 0.2) is 0 Å². The number of anilines is 1. The molecule has 6 heteroatoms. The molecule has 0 unspecified atom stereocenters. The highest BCUT2D eigenvalue weighted by Crippen LogP contribution is 2.42. The van der Waals surface area contributed by atoms with Gasteiger partial charge in [0.25, 0.3) is 0 Å². The summed E-state index contributed by atoms with van der Waals surface area (Å²) in [5.41, 5.74) is 8.41. The first-order valence-electron chi connectivity index (χ1n) is 8.43. The smallest absolute Gasteiger partial charge is 0.148 e. The van der Waals surface area contributed by atoms with Gasteiger partial charge in [-0.3, -0.25) is 0 Å². The monoisotopic (exact) mass is 358 g/mol. The van der Waals surface area contributed by atoms with Gasteiger partial charge >= 0.3 is 0 Å². The molecule has 3 aromatic heterocycles. The van der Waals surface area contributed by atoms with Crippen molar-refractivity contribution in [3.63, 3.8) is 0 Å². The van der Waals surface area contributed by atoms with Crippen LogP contribution in [0, 0.1) is 6.92 Å². The third-order valence-corrected chi connectivity index (χ3v) is 6.53. The van der Waals surface area contributed by atoms with Crippen molar-refractivity contribution < 1.29 is 0 Å². The molecule has 1 aliphatic rings. The molecule has 0 saturated heterocycles. The molecular formula is C18H22N4S2. The van der Waals surface area contributed by atoms with Crippen LogP contribution in [0.2, 0.25) is 0 Å². The summed E-state index contributed by atoms with van der Waals surface area (Å²) in [5, 5.41) is 5.65. The van der Waals surface area contributed by atoms with Gasteiger partial charge in [-0.15, -0.1) is 22.7 Å². The van der Waals surface area contributed by atoms with Crippen molar-refractivity contribution in [1.29, 1.82) is 0 Å². The van der Waals surface area contributed by atoms with Crippen molar-refractivity contribution in [2.24, 2.45) is 5.73 Å². The van der Waals surface area contributed by atoms with Crippen LogP contribution in [-0.2, 0) is 13.0 Å². The van der Waals surface area contributed by atoms with E-state index in [-0.39, 0.29) is 6.04 Å². The standard InChI is InChI=1S/C18H22N4S2/c1-10(19)8-14-11(2)15-16(24-14)18(20-9-13-4-3-7-23-13)22-17(21-15)12-5-6-12/h3-4,7,10,12H,5-6,8-9,19H2,1-2H3,(H,20,21,22)/t10-/m0/s1. The minimum atomic E-state index is 0.162. The number of aryl methyl sites for hydroxylation is 1. The van der Waals surface area contributed by atoms with E-state index in [4.69, 9.17) is 15.7 Å². The van der Waals surface area contributed by atoms with Crippen LogP contribution in [0.15, 0.2) is 17.5 Å². The van der Waals surface area contributed by atoms with Crippen LogP contribution in [0.1, 0.15) is 46.8 Å². The maximum Gasteiger partial charge on any atom is 0.148 e. The zero-order chi connectivity index (χ0) is 16.7. The second-order valence-electron chi connectivity index (χ2n) is 6.65. The summed E-state index contributed by atoms with van der Waals surface area (Å²) < 4.78 is 1.17. The van der Waals surface area contributed by atoms with E-state index in [1.54, 1.807) is 22.7 Å². The lowest BCUT2D eigenvalue weighted by atomic mass is 10.1. The minimum absolute atomic E-state index is 0.162. The number of rotatable bonds is 6. The maximum atomic E-state index is 6.02. The Labute approximate surface area is 150 Å². The topological polar surface area (TPSA) is 63.8 Å². The maximum absolute atomic E-state index is 6.02. The number of thiophene rings is 2. The number of nitrogens with one attached hydrogen (secondary N) is 1. The van der Waals surface area contributed by atoms with E-state index < -0.39 is 0 Å². The molecule has 0 aromatic carbocycles. The molecule has 3 heterocycles. The Morgan fingerprint density at radius 1 is 1.38 bits per heavy atom. The van der Waals surface area contributed by atoms with Crippen LogP contribution in [0.25, 0.3) is 10.2 Å². The van der Waals surface area contributed by atoms with Gasteiger partial charge in [0.05, 0.1) is 16.8 Å². The van der Waals surface area contributed by atoms with Gasteiger partial charge in [-0.1, -0.05) is 6.07 Å². The zero-order valence-electron chi connectivity index (χ0n) is 14.0. The summed E-state index contributed by atoms with van der Waals surface area (Å²) in [6, 6.07) is 4.40. The van der Waals surface area contributed by atoms with E-state index in [1.807, 2.05) is 0 Å². The second kappa shape index (κ2) is 6.43. The predicted molar refractivity (Wildman–Crippen MR) is 103 cm³/mol. The second-order valence-corrected chi connectivity index (χ2v) is 8.78. The molecule has 1 atom stereocenters. The van der Waals surface area contributed by atoms with Crippen molar-refractivity contribution in [1.82, 2.24) is 9.97 Å². The normalized spacial score (nSPS) is 15.8. The highest BCUT2D eigenvalue weighted by atomic mass is 32.1. The van der Waals surface area contributed by atoms with Crippen LogP contribution >= 0.6 is 22.7 Å². The minimum Gasteiger partial charge on any atom is -0.364 e. The molecular weight excluding hydrogens is 336 g/mol. The number of hydrogen-bond acceptors (Lipinski definition) is 6. The molecule has 0 radical (unpaired) electrons. The predicted octanol–water partition coefficient (Wildman–Crippen LogP) is 4.44. The Morgan fingerprint density at radius 3 is 2.88 bits per heavy atom. The summed E-state index contributed by atoms with van der Waals surface area (Å²) >= 11 is 3.56. The average molecular weight is 359 g/mol. The fraction of sp³-hybridized carbons (Fsp3) is 0.444. The summed E-state index contributed by atoms with van der Waals surface area (Å²) in [6.07, 6.45) is 3.33. The van der Waals surface area contributed by atoms with Gasteiger partial charge in [-0.05, 0) is 50.1 Å². The van der Waals surface area contributed by atoms with Crippen molar-refractivity contribution in [3.05, 3.63) is 38.7 Å². The highest BCUT2D eigenvalue weighted by molar-refractivity contribution is 7.19. The Hall–Kier alpha value is -1.50. The fourth-order valence-electron chi connectivity index (χ4n) is 2.87. The van der Waals surface area contributed by atoms with Crippen LogP contribution in [0.5, 0.6) is 0 Å². The Bertz CT molecular complexity index is 848. The Morgan fingerprint density at radius 2 is 2.21 bits per heavy atom. The largest absolute Gasteiger partial charge is 0.364 e. The molecule has 0 amide bonds. The lowest BCUT2D eigenvalue weighted by Gasteiger charge is -2.07. The van der Waals surface area contributed by atoms with Gasteiger partial charge in [0, 0.05) is 21.7 Å². The summed E-state index contributed by atoms with van der Waals surface area (Å²) in [7, 11) is 0. The molecule has 3 aromatic rings. The molecule has 3 N–H and O–H groups in total. The number of aromatic nitrogens is 2. The fourth-order valence-corrected chi connectivity index (χ4v) is 4.86. The van der Waals surface area contributed by atoms with E-state index >= 15 is 0 Å². The van der Waals surface area contributed by atoms with Crippen LogP contribution in [0.4, 0.5) is 5.82 Å². The summed E-state index contributed by atoms with van der Waals surface area (Å²) in [6.45, 7) is 5.04. The molecule has 1 aliphatic carbocycles. The van der Waals surface area contributed by atoms with Gasteiger partial charge in [0.1, 0.15) is 11.6 Å². The number of fused-ring (bicyclic) bond motifs is 1. The van der Waals surface area contributed by atoms with E-state index in [0.29, 0.717) is 5.92 Å². The highest BCUT2D eigenvalue weighted by Gasteiger charge is 2.28. The lowest BCUT2D eigenvalue weighted by molar-refractivity contribution is 0.744. The number of nitrogens with zero attached hydrogens (tertiary/aromatic N) is 2. The van der Waals surface area contributed by atoms with Crippen molar-refractivity contribution in [3.8, 4) is 0 Å². The first-order chi connectivity index (χ1) is 11.6. The van der Waals surface area contributed by atoms with Crippen molar-refractivity contribution in [2.45, 2.75) is 51.6 Å². The molecule has 4 rings (SSSR count). The summed E-state index contributed by atoms with van der Waals surface area (Å²) in [5.74, 6) is 2.54. The quantitative estimate of drug-likeness (QED) is 0.684. The molecule has 4 nitrogen and oxygen atoms in total. The van der Waals surface area contributed by atoms with E-state index in [1.165, 1.54) is 32.9 Å². The zero-order valence-corrected chi connectivity index (χ0v) is 15.6. The average Bonchev–Trinajstić information content (AvgIpc) is 3.19. The van der Waals surface area contributed by atoms with Crippen molar-refractivity contribution >= 4 is 38.7 Å². The van der Waals surface area contributed by atoms with E-state index in [2.05, 4.69) is 36.7 Å². The first-order valence-corrected chi connectivity index (χ1v) is 10.1. The van der Waals surface area contributed by atoms with Crippen molar-refractivity contribution in [2.75, 3.05) is 5.32 Å². The summed E-state index contributed by atoms with van der Waals surface area (Å²) in [4.78, 5) is 12.4. The molecule has 24 heavy (non-hydrogen) atoms. The Balaban J connectivity index is 1.74. The van der Waals surface area contributed by atoms with Gasteiger partial charge < -0.3 is 11.1 Å². The number of nitrogens with two attached hydrogens (primary N) is 1. The first kappa shape index (κ1) is 16.0. The lowest BCUT2D eigenvalue weighted by Crippen LogP contribution is -2.17. The third-order valence-electron chi connectivity index (χ3n) is 4.34. The Kier molecular flexibility index (Phi) is 4.28. The molecule has 0 aliphatic heterocycles. The van der Waals surface area contributed by atoms with Gasteiger partial charge in [-0.25, -0.2) is 9.97 Å². The molecule has 1 fully saturated rings. The van der Waals surface area contributed by atoms with E-state index in [0.717, 1.165) is 30.1 Å². The number of hydrogen-bond donors (Lipinski definition) is 2. The van der Waals surface area contributed by atoms with Gasteiger partial charge in [-0.2, -0.15) is 0 Å². The molecule has 1 saturated carbocycles. The SMILES string of the molecule is Cc1c(C[C@H](C)N)sc2c(NCc3cccs3)nc(C3CC3)nc12. The van der Waals surface area contributed by atoms with Crippen LogP contribution in [0.3, 0.4) is 0 Å². The molecule has 0 bridgehead atoms. The van der Waals surface area contributed by atoms with Gasteiger partial charge in [0.2, 0.25) is 0 Å². The molecule has 126 valence electrons. The van der Waals surface area contributed by atoms with E-state index in [9.17, 15) is 0 Å². The molecule has 0 spiro atoms. The van der Waals surface area contributed by atoms with Crippen LogP contribution < -0.4 is 11.1 Å². The van der Waals surface area contributed by atoms with Crippen LogP contribution in [-0.4, -0.2) is 16.0 Å². The third kappa shape index (κ3) is 3.18.